The molecule has 0 saturated carbocycles. The molecule has 3 heteroatoms. The minimum Gasteiger partial charge on any atom is -0.385 e. The van der Waals surface area contributed by atoms with Crippen molar-refractivity contribution in [3.63, 3.8) is 0 Å². The predicted molar refractivity (Wildman–Crippen MR) is 50.5 cm³/mol. The van der Waals surface area contributed by atoms with Gasteiger partial charge in [0.15, 0.2) is 0 Å². The molecule has 0 amide bonds. The summed E-state index contributed by atoms with van der Waals surface area (Å²) in [4.78, 5) is 4.44. The van der Waals surface area contributed by atoms with E-state index in [1.165, 1.54) is 0 Å². The lowest BCUT2D eigenvalue weighted by Crippen LogP contribution is -2.14. The van der Waals surface area contributed by atoms with Crippen LogP contribution in [0, 0.1) is 0 Å². The minimum absolute atomic E-state index is 0.346. The number of imidazole rings is 1. The first-order valence-corrected chi connectivity index (χ1v) is 4.93. The summed E-state index contributed by atoms with van der Waals surface area (Å²) in [7, 11) is 0. The fraction of sp³-hybridized carbons (Fsp3) is 0.700. The maximum absolute atomic E-state index is 9.67. The molecule has 72 valence electrons. The van der Waals surface area contributed by atoms with E-state index in [2.05, 4.69) is 29.6 Å². The summed E-state index contributed by atoms with van der Waals surface area (Å²) < 4.78 is 2.09. The van der Waals surface area contributed by atoms with Gasteiger partial charge in [-0.15, -0.1) is 0 Å². The van der Waals surface area contributed by atoms with Crippen molar-refractivity contribution in [1.29, 1.82) is 0 Å². The second-order valence-corrected chi connectivity index (χ2v) is 4.03. The zero-order chi connectivity index (χ0) is 9.42. The number of aryl methyl sites for hydroxylation is 1. The van der Waals surface area contributed by atoms with E-state index >= 15 is 0 Å². The molecule has 1 aromatic heterocycles. The predicted octanol–water partition coefficient (Wildman–Crippen LogP) is 1.83. The molecule has 3 nitrogen and oxygen atoms in total. The van der Waals surface area contributed by atoms with Crippen molar-refractivity contribution in [2.75, 3.05) is 0 Å². The Bertz CT molecular complexity index is 304. The Morgan fingerprint density at radius 1 is 1.62 bits per heavy atom. The van der Waals surface area contributed by atoms with Crippen LogP contribution >= 0.6 is 0 Å². The highest BCUT2D eigenvalue weighted by Crippen LogP contribution is 2.26. The number of hydrogen-bond donors (Lipinski definition) is 1. The molecular formula is C10H16N2O. The number of hydrogen-bond acceptors (Lipinski definition) is 2. The van der Waals surface area contributed by atoms with Gasteiger partial charge in [-0.25, -0.2) is 4.98 Å². The third-order valence-corrected chi connectivity index (χ3v) is 2.59. The average molecular weight is 180 g/mol. The van der Waals surface area contributed by atoms with E-state index in [0.29, 0.717) is 5.92 Å². The summed E-state index contributed by atoms with van der Waals surface area (Å²) in [6.45, 7) is 5.26. The van der Waals surface area contributed by atoms with Gasteiger partial charge < -0.3 is 9.67 Å². The van der Waals surface area contributed by atoms with Gasteiger partial charge >= 0.3 is 0 Å². The minimum atomic E-state index is -0.346. The number of aromatic nitrogens is 2. The Morgan fingerprint density at radius 2 is 2.38 bits per heavy atom. The molecule has 0 fully saturated rings. The van der Waals surface area contributed by atoms with Crippen molar-refractivity contribution < 1.29 is 5.11 Å². The molecule has 1 unspecified atom stereocenters. The summed E-state index contributed by atoms with van der Waals surface area (Å²) in [5.74, 6) is 1.31. The van der Waals surface area contributed by atoms with Crippen LogP contribution in [-0.2, 0) is 6.54 Å². The molecule has 2 rings (SSSR count). The number of aliphatic hydroxyl groups excluding tert-OH is 1. The Morgan fingerprint density at radius 3 is 3.00 bits per heavy atom. The van der Waals surface area contributed by atoms with E-state index in [1.807, 2.05) is 0 Å². The summed E-state index contributed by atoms with van der Waals surface area (Å²) in [6.07, 6.45) is 3.64. The SMILES string of the molecule is CC(C)c1cn2c(n1)C(O)CCC2. The van der Waals surface area contributed by atoms with Crippen LogP contribution in [0.3, 0.4) is 0 Å². The van der Waals surface area contributed by atoms with Crippen molar-refractivity contribution in [2.45, 2.75) is 45.3 Å². The van der Waals surface area contributed by atoms with Crippen molar-refractivity contribution in [2.24, 2.45) is 0 Å². The van der Waals surface area contributed by atoms with Crippen LogP contribution in [0.25, 0.3) is 0 Å². The van der Waals surface area contributed by atoms with Crippen LogP contribution in [0.5, 0.6) is 0 Å². The fourth-order valence-corrected chi connectivity index (χ4v) is 1.76. The number of fused-ring (bicyclic) bond motifs is 1. The van der Waals surface area contributed by atoms with Crippen LogP contribution < -0.4 is 0 Å². The van der Waals surface area contributed by atoms with Gasteiger partial charge in [0.1, 0.15) is 11.9 Å². The zero-order valence-corrected chi connectivity index (χ0v) is 8.20. The van der Waals surface area contributed by atoms with Crippen LogP contribution in [0.1, 0.15) is 50.2 Å². The van der Waals surface area contributed by atoms with Crippen molar-refractivity contribution >= 4 is 0 Å². The summed E-state index contributed by atoms with van der Waals surface area (Å²) in [5, 5.41) is 9.67. The Hall–Kier alpha value is -0.830. The number of nitrogens with zero attached hydrogens (tertiary/aromatic N) is 2. The normalized spacial score (nSPS) is 22.0. The van der Waals surface area contributed by atoms with Crippen molar-refractivity contribution in [3.8, 4) is 0 Å². The van der Waals surface area contributed by atoms with Crippen LogP contribution in [0.2, 0.25) is 0 Å². The Balaban J connectivity index is 2.36. The van der Waals surface area contributed by atoms with Crippen LogP contribution in [0.4, 0.5) is 0 Å². The maximum atomic E-state index is 9.67. The third kappa shape index (κ3) is 1.48. The second-order valence-electron chi connectivity index (χ2n) is 4.03. The first-order chi connectivity index (χ1) is 6.18. The van der Waals surface area contributed by atoms with E-state index < -0.39 is 0 Å². The zero-order valence-electron chi connectivity index (χ0n) is 8.20. The topological polar surface area (TPSA) is 38.0 Å². The summed E-state index contributed by atoms with van der Waals surface area (Å²) in [6, 6.07) is 0. The quantitative estimate of drug-likeness (QED) is 0.716. The lowest BCUT2D eigenvalue weighted by Gasteiger charge is -2.18. The van der Waals surface area contributed by atoms with E-state index in [4.69, 9.17) is 0 Å². The van der Waals surface area contributed by atoms with E-state index in [-0.39, 0.29) is 6.10 Å². The summed E-state index contributed by atoms with van der Waals surface area (Å²) >= 11 is 0. The molecule has 0 bridgehead atoms. The monoisotopic (exact) mass is 180 g/mol. The molecule has 1 aromatic rings. The first-order valence-electron chi connectivity index (χ1n) is 4.93. The standard InChI is InChI=1S/C10H16N2O/c1-7(2)8-6-12-5-3-4-9(13)10(12)11-8/h6-7,9,13H,3-5H2,1-2H3. The lowest BCUT2D eigenvalue weighted by atomic mass is 10.1. The molecule has 0 aliphatic carbocycles. The average Bonchev–Trinajstić information content (AvgIpc) is 2.49. The fourth-order valence-electron chi connectivity index (χ4n) is 1.76. The highest BCUT2D eigenvalue weighted by atomic mass is 16.3. The second kappa shape index (κ2) is 3.14. The van der Waals surface area contributed by atoms with Gasteiger partial charge in [0.05, 0.1) is 5.69 Å². The molecule has 1 aliphatic rings. The van der Waals surface area contributed by atoms with E-state index in [9.17, 15) is 5.11 Å². The van der Waals surface area contributed by atoms with Gasteiger partial charge in [0.25, 0.3) is 0 Å². The Kier molecular flexibility index (Phi) is 2.12. The Labute approximate surface area is 78.4 Å². The molecule has 0 saturated heterocycles. The molecule has 13 heavy (non-hydrogen) atoms. The highest BCUT2D eigenvalue weighted by molar-refractivity contribution is 5.11. The van der Waals surface area contributed by atoms with Crippen molar-refractivity contribution in [3.05, 3.63) is 17.7 Å². The molecule has 0 radical (unpaired) electrons. The third-order valence-electron chi connectivity index (χ3n) is 2.59. The van der Waals surface area contributed by atoms with Crippen LogP contribution in [-0.4, -0.2) is 14.7 Å². The number of rotatable bonds is 1. The number of aliphatic hydroxyl groups is 1. The van der Waals surface area contributed by atoms with Gasteiger partial charge in [-0.2, -0.15) is 0 Å². The lowest BCUT2D eigenvalue weighted by molar-refractivity contribution is 0.133. The van der Waals surface area contributed by atoms with Gasteiger partial charge in [-0.3, -0.25) is 0 Å². The molecule has 0 spiro atoms. The summed E-state index contributed by atoms with van der Waals surface area (Å²) in [5.41, 5.74) is 1.09. The molecule has 1 atom stereocenters. The largest absolute Gasteiger partial charge is 0.385 e. The van der Waals surface area contributed by atoms with Gasteiger partial charge in [0.2, 0.25) is 0 Å². The smallest absolute Gasteiger partial charge is 0.137 e. The van der Waals surface area contributed by atoms with Crippen molar-refractivity contribution in [1.82, 2.24) is 9.55 Å². The van der Waals surface area contributed by atoms with E-state index in [0.717, 1.165) is 30.9 Å². The molecule has 1 aliphatic heterocycles. The van der Waals surface area contributed by atoms with Gasteiger partial charge in [0, 0.05) is 12.7 Å². The molecular weight excluding hydrogens is 164 g/mol. The molecule has 1 N–H and O–H groups in total. The highest BCUT2D eigenvalue weighted by Gasteiger charge is 2.21. The molecule has 2 heterocycles. The molecule has 0 aromatic carbocycles. The maximum Gasteiger partial charge on any atom is 0.137 e. The first kappa shape index (κ1) is 8.75. The van der Waals surface area contributed by atoms with Gasteiger partial charge in [-0.05, 0) is 18.8 Å². The van der Waals surface area contributed by atoms with E-state index in [1.54, 1.807) is 0 Å². The van der Waals surface area contributed by atoms with Gasteiger partial charge in [-0.1, -0.05) is 13.8 Å². The van der Waals surface area contributed by atoms with Crippen LogP contribution in [0.15, 0.2) is 6.20 Å².